The van der Waals surface area contributed by atoms with E-state index in [0.29, 0.717) is 29.5 Å². The maximum Gasteiger partial charge on any atom is 0.374 e. The van der Waals surface area contributed by atoms with Crippen LogP contribution in [0.5, 0.6) is 5.75 Å². The lowest BCUT2D eigenvalue weighted by Gasteiger charge is -2.20. The van der Waals surface area contributed by atoms with Gasteiger partial charge in [-0.25, -0.2) is 16.8 Å². The van der Waals surface area contributed by atoms with E-state index in [1.165, 1.54) is 0 Å². The van der Waals surface area contributed by atoms with E-state index in [2.05, 4.69) is 9.13 Å². The highest BCUT2D eigenvalue weighted by Crippen LogP contribution is 2.41. The van der Waals surface area contributed by atoms with Crippen LogP contribution >= 0.6 is 0 Å². The van der Waals surface area contributed by atoms with Gasteiger partial charge < -0.3 is 32.3 Å². The molecule has 0 aliphatic carbocycles. The Morgan fingerprint density at radius 2 is 1.38 bits per heavy atom. The minimum atomic E-state index is -4.44. The van der Waals surface area contributed by atoms with Crippen LogP contribution in [0.2, 0.25) is 0 Å². The Morgan fingerprint density at radius 1 is 0.764 bits per heavy atom. The van der Waals surface area contributed by atoms with Gasteiger partial charge in [-0.15, -0.1) is 0 Å². The predicted molar refractivity (Wildman–Crippen MR) is 209 cm³/mol. The summed E-state index contributed by atoms with van der Waals surface area (Å²) in [6.07, 6.45) is 8.39. The zero-order valence-electron chi connectivity index (χ0n) is 29.9. The molecule has 8 rings (SSSR count). The number of hydrogen-bond donors (Lipinski definition) is 0. The topological polar surface area (TPSA) is 154 Å². The summed E-state index contributed by atoms with van der Waals surface area (Å²) in [7, 11) is -8.87. The van der Waals surface area contributed by atoms with Crippen LogP contribution in [0.25, 0.3) is 50.4 Å². The quantitative estimate of drug-likeness (QED) is 0.0889. The van der Waals surface area contributed by atoms with Crippen LogP contribution in [0.4, 0.5) is 5.69 Å². The number of aromatic nitrogens is 3. The van der Waals surface area contributed by atoms with Gasteiger partial charge in [0.25, 0.3) is 5.52 Å². The Kier molecular flexibility index (Phi) is 9.59. The van der Waals surface area contributed by atoms with Crippen molar-refractivity contribution in [2.75, 3.05) is 23.0 Å². The van der Waals surface area contributed by atoms with E-state index < -0.39 is 31.7 Å². The largest absolute Gasteiger partial charge is 0.748 e. The molecule has 0 atom stereocenters. The molecule has 0 bridgehead atoms. The van der Waals surface area contributed by atoms with Crippen LogP contribution < -0.4 is 14.2 Å². The first-order valence-electron chi connectivity index (χ1n) is 17.9. The van der Waals surface area contributed by atoms with Crippen molar-refractivity contribution in [3.05, 3.63) is 133 Å². The third-order valence-corrected chi connectivity index (χ3v) is 11.3. The lowest BCUT2D eigenvalue weighted by molar-refractivity contribution is -0.677. The Hall–Kier alpha value is -5.67. The van der Waals surface area contributed by atoms with Gasteiger partial charge in [-0.2, -0.15) is 4.57 Å². The lowest BCUT2D eigenvalue weighted by atomic mass is 10.1. The van der Waals surface area contributed by atoms with Crippen LogP contribution in [0.15, 0.2) is 131 Å². The van der Waals surface area contributed by atoms with E-state index in [4.69, 9.17) is 9.15 Å². The number of hydrogen-bond acceptors (Lipinski definition) is 9. The first-order valence-corrected chi connectivity index (χ1v) is 21.1. The fourth-order valence-corrected chi connectivity index (χ4v) is 8.10. The number of nitrogens with zero attached hydrogens (tertiary/aromatic N) is 4. The van der Waals surface area contributed by atoms with E-state index in [9.17, 15) is 25.9 Å². The second-order valence-electron chi connectivity index (χ2n) is 13.4. The van der Waals surface area contributed by atoms with Gasteiger partial charge in [0, 0.05) is 54.7 Å². The first-order chi connectivity index (χ1) is 26.4. The van der Waals surface area contributed by atoms with Crippen molar-refractivity contribution < 1.29 is 39.7 Å². The molecule has 12 nitrogen and oxygen atoms in total. The number of para-hydroxylation sites is 2. The molecule has 4 heterocycles. The summed E-state index contributed by atoms with van der Waals surface area (Å²) in [6.45, 7) is 2.39. The van der Waals surface area contributed by atoms with Crippen molar-refractivity contribution in [2.45, 2.75) is 32.7 Å². The van der Waals surface area contributed by atoms with Gasteiger partial charge in [-0.1, -0.05) is 43.3 Å². The number of oxazole rings is 1. The predicted octanol–water partition coefficient (Wildman–Crippen LogP) is 7.01. The van der Waals surface area contributed by atoms with Crippen LogP contribution in [0.3, 0.4) is 0 Å². The standard InChI is InChI=1S/C41H38N4O8S2/c1-2-29(25-40-44(19-7-23-54(46,47)48)36-27-32(13-15-38(36)52-40)42-21-17-30-9-3-5-11-34(30)42)26-41-45(20-8-24-55(49,50)51)37-28-33(14-16-39(37)53-41)43-22-18-31-10-4-6-12-35(31)43/h3-6,9-18,21-22,25-28H,2,7-8,19-20,23-24H2,1H3,(H-,46,47,48,49,50,51)/p-1. The SMILES string of the molecule is CCC(/C=C1\Oc2ccc(-n3ccc4ccccc43)cc2N1CCCS(=O)(=O)[O-])=C\c1oc2ccc(-n3ccc4ccccc43)cc2[n+]1CCCS(=O)(=O)[O-]. The molecule has 0 saturated carbocycles. The fourth-order valence-electron chi connectivity index (χ4n) is 7.13. The van der Waals surface area contributed by atoms with E-state index in [-0.39, 0.29) is 25.9 Å². The van der Waals surface area contributed by atoms with Crippen molar-refractivity contribution in [1.29, 1.82) is 0 Å². The Morgan fingerprint density at radius 3 is 2.04 bits per heavy atom. The maximum atomic E-state index is 11.6. The molecule has 0 spiro atoms. The highest BCUT2D eigenvalue weighted by molar-refractivity contribution is 7.85. The number of rotatable bonds is 13. The lowest BCUT2D eigenvalue weighted by Crippen LogP contribution is -2.36. The van der Waals surface area contributed by atoms with Gasteiger partial charge in [0.1, 0.15) is 0 Å². The van der Waals surface area contributed by atoms with Crippen molar-refractivity contribution in [2.24, 2.45) is 0 Å². The molecule has 14 heteroatoms. The summed E-state index contributed by atoms with van der Waals surface area (Å²) in [5, 5.41) is 2.17. The van der Waals surface area contributed by atoms with Gasteiger partial charge in [0.15, 0.2) is 12.3 Å². The number of ether oxygens (including phenoxy) is 1. The summed E-state index contributed by atoms with van der Waals surface area (Å²) in [5.41, 5.74) is 6.64. The van der Waals surface area contributed by atoms with Gasteiger partial charge in [-0.05, 0) is 83.8 Å². The van der Waals surface area contributed by atoms with Gasteiger partial charge in [0.2, 0.25) is 11.5 Å². The molecule has 0 amide bonds. The number of benzene rings is 4. The molecule has 0 unspecified atom stereocenters. The van der Waals surface area contributed by atoms with Crippen LogP contribution in [0.1, 0.15) is 32.1 Å². The smallest absolute Gasteiger partial charge is 0.374 e. The molecule has 282 valence electrons. The molecule has 0 fully saturated rings. The summed E-state index contributed by atoms with van der Waals surface area (Å²) < 4.78 is 88.2. The number of fused-ring (bicyclic) bond motifs is 4. The molecular weight excluding hydrogens is 741 g/mol. The Balaban J connectivity index is 1.18. The highest BCUT2D eigenvalue weighted by Gasteiger charge is 2.28. The summed E-state index contributed by atoms with van der Waals surface area (Å²) >= 11 is 0. The number of aryl methyl sites for hydroxylation is 1. The van der Waals surface area contributed by atoms with Gasteiger partial charge >= 0.3 is 5.89 Å². The maximum absolute atomic E-state index is 11.6. The minimum absolute atomic E-state index is 0.0824. The number of allylic oxidation sites excluding steroid dienone is 2. The average molecular weight is 778 g/mol. The van der Waals surface area contributed by atoms with E-state index >= 15 is 0 Å². The third-order valence-electron chi connectivity index (χ3n) is 9.76. The van der Waals surface area contributed by atoms with Crippen LogP contribution in [0, 0.1) is 0 Å². The monoisotopic (exact) mass is 777 g/mol. The normalized spacial score (nSPS) is 14.4. The Bertz CT molecular complexity index is 2870. The molecule has 55 heavy (non-hydrogen) atoms. The molecule has 7 aromatic rings. The molecule has 0 saturated heterocycles. The number of anilines is 1. The van der Waals surface area contributed by atoms with Crippen molar-refractivity contribution in [3.63, 3.8) is 0 Å². The highest BCUT2D eigenvalue weighted by atomic mass is 32.2. The zero-order valence-corrected chi connectivity index (χ0v) is 31.5. The zero-order chi connectivity index (χ0) is 38.3. The molecule has 0 radical (unpaired) electrons. The molecule has 3 aromatic heterocycles. The summed E-state index contributed by atoms with van der Waals surface area (Å²) in [6, 6.07) is 31.7. The third kappa shape index (κ3) is 7.67. The molecule has 1 aliphatic rings. The molecular formula is C41H37N4O8S2-. The first kappa shape index (κ1) is 36.3. The van der Waals surface area contributed by atoms with Gasteiger partial charge in [-0.3, -0.25) is 0 Å². The molecule has 4 aromatic carbocycles. The molecule has 1 aliphatic heterocycles. The van der Waals surface area contributed by atoms with Crippen molar-refractivity contribution >= 4 is 64.9 Å². The average Bonchev–Trinajstić information content (AvgIpc) is 3.93. The second kappa shape index (κ2) is 14.5. The van der Waals surface area contributed by atoms with Crippen LogP contribution in [-0.2, 0) is 26.8 Å². The fraction of sp³-hybridized carbons (Fsp3) is 0.195. The van der Waals surface area contributed by atoms with E-state index in [1.54, 1.807) is 0 Å². The van der Waals surface area contributed by atoms with Crippen molar-refractivity contribution in [1.82, 2.24) is 9.13 Å². The summed E-state index contributed by atoms with van der Waals surface area (Å²) in [5.74, 6) is 0.424. The van der Waals surface area contributed by atoms with E-state index in [1.807, 2.05) is 138 Å². The second-order valence-corrected chi connectivity index (χ2v) is 16.5. The Labute approximate surface area is 318 Å². The minimum Gasteiger partial charge on any atom is -0.748 e. The molecule has 0 N–H and O–H groups in total. The van der Waals surface area contributed by atoms with E-state index in [0.717, 1.165) is 50.0 Å². The van der Waals surface area contributed by atoms with Crippen molar-refractivity contribution in [3.8, 4) is 17.1 Å². The van der Waals surface area contributed by atoms with Crippen LogP contribution in [-0.4, -0.2) is 53.1 Å². The van der Waals surface area contributed by atoms with Gasteiger partial charge in [0.05, 0.1) is 48.7 Å². The summed E-state index contributed by atoms with van der Waals surface area (Å²) in [4.78, 5) is 1.87.